The Morgan fingerprint density at radius 3 is 2.15 bits per heavy atom. The van der Waals surface area contributed by atoms with Crippen molar-refractivity contribution in [2.45, 2.75) is 77.2 Å². The van der Waals surface area contributed by atoms with Gasteiger partial charge in [-0.3, -0.25) is 0 Å². The summed E-state index contributed by atoms with van der Waals surface area (Å²) < 4.78 is 5.67. The summed E-state index contributed by atoms with van der Waals surface area (Å²) in [6, 6.07) is 9.22. The molecule has 0 radical (unpaired) electrons. The van der Waals surface area contributed by atoms with Crippen LogP contribution in [-0.4, -0.2) is 6.61 Å². The van der Waals surface area contributed by atoms with Crippen LogP contribution in [0, 0.1) is 17.8 Å². The third kappa shape index (κ3) is 6.07. The fourth-order valence-electron chi connectivity index (χ4n) is 5.25. The second-order valence-electron chi connectivity index (χ2n) is 8.68. The molecule has 3 rings (SSSR count). The van der Waals surface area contributed by atoms with Crippen LogP contribution in [0.15, 0.2) is 49.1 Å². The van der Waals surface area contributed by atoms with Crippen LogP contribution in [0.2, 0.25) is 0 Å². The number of ether oxygens (including phenoxy) is 1. The van der Waals surface area contributed by atoms with Crippen molar-refractivity contribution in [2.24, 2.45) is 17.8 Å². The first-order chi connectivity index (χ1) is 13.3. The minimum absolute atomic E-state index is 0.719. The van der Waals surface area contributed by atoms with Crippen LogP contribution in [0.4, 0.5) is 0 Å². The number of benzene rings is 1. The van der Waals surface area contributed by atoms with E-state index in [1.807, 2.05) is 6.08 Å². The van der Waals surface area contributed by atoms with Gasteiger partial charge in [0, 0.05) is 0 Å². The number of hydrogen-bond acceptors (Lipinski definition) is 1. The molecule has 1 nitrogen and oxygen atoms in total. The van der Waals surface area contributed by atoms with Crippen molar-refractivity contribution in [3.63, 3.8) is 0 Å². The molecule has 0 N–H and O–H groups in total. The Labute approximate surface area is 166 Å². The highest BCUT2D eigenvalue weighted by molar-refractivity contribution is 5.25. The Morgan fingerprint density at radius 1 is 0.926 bits per heavy atom. The molecule has 0 amide bonds. The molecule has 0 saturated heterocycles. The van der Waals surface area contributed by atoms with E-state index in [2.05, 4.69) is 49.9 Å². The number of rotatable bonds is 8. The molecule has 0 spiro atoms. The monoisotopic (exact) mass is 366 g/mol. The highest BCUT2D eigenvalue weighted by Gasteiger charge is 2.30. The van der Waals surface area contributed by atoms with Gasteiger partial charge in [0.15, 0.2) is 0 Å². The normalized spacial score (nSPS) is 29.1. The second kappa shape index (κ2) is 10.9. The van der Waals surface area contributed by atoms with Gasteiger partial charge in [-0.25, -0.2) is 0 Å². The lowest BCUT2D eigenvalue weighted by molar-refractivity contribution is 0.125. The lowest BCUT2D eigenvalue weighted by Gasteiger charge is -2.37. The van der Waals surface area contributed by atoms with Crippen molar-refractivity contribution in [2.75, 3.05) is 6.61 Å². The van der Waals surface area contributed by atoms with Gasteiger partial charge in [-0.1, -0.05) is 42.5 Å². The van der Waals surface area contributed by atoms with Crippen LogP contribution >= 0.6 is 0 Å². The third-order valence-corrected chi connectivity index (χ3v) is 6.91. The number of allylic oxidation sites excluding steroid dienone is 2. The molecule has 1 aromatic carbocycles. The molecule has 2 aliphatic carbocycles. The van der Waals surface area contributed by atoms with Crippen molar-refractivity contribution in [1.29, 1.82) is 0 Å². The van der Waals surface area contributed by atoms with Crippen LogP contribution in [0.25, 0.3) is 0 Å². The quantitative estimate of drug-likeness (QED) is 0.343. The predicted molar refractivity (Wildman–Crippen MR) is 116 cm³/mol. The van der Waals surface area contributed by atoms with E-state index in [1.54, 1.807) is 5.56 Å². The molecular formula is C26H38O. The summed E-state index contributed by atoms with van der Waals surface area (Å²) in [5.41, 5.74) is 2.83. The zero-order chi connectivity index (χ0) is 18.9. The van der Waals surface area contributed by atoms with Crippen LogP contribution in [0.5, 0.6) is 0 Å². The second-order valence-corrected chi connectivity index (χ2v) is 8.68. The molecule has 2 aliphatic rings. The number of hydrogen-bond donors (Lipinski definition) is 0. The molecule has 0 unspecified atom stereocenters. The van der Waals surface area contributed by atoms with E-state index in [-0.39, 0.29) is 0 Å². The van der Waals surface area contributed by atoms with Gasteiger partial charge in [0.1, 0.15) is 0 Å². The van der Waals surface area contributed by atoms with Crippen molar-refractivity contribution in [3.8, 4) is 0 Å². The maximum atomic E-state index is 5.67. The standard InChI is InChI=1S/C26H38O/c1-3-5-19-27-20-22-9-13-24(14-10-22)26-17-15-25(16-18-26)23-11-7-21(6-4-2)8-12-23/h3-4,6,9-10,13-14,21,23,25-26H,1,5,7-8,11-12,15-20H2,2H3/b6-4+. The first-order valence-electron chi connectivity index (χ1n) is 11.2. The van der Waals surface area contributed by atoms with E-state index in [4.69, 9.17) is 4.74 Å². The van der Waals surface area contributed by atoms with Crippen LogP contribution < -0.4 is 0 Å². The first kappa shape index (κ1) is 20.4. The molecule has 1 heteroatoms. The van der Waals surface area contributed by atoms with E-state index >= 15 is 0 Å². The first-order valence-corrected chi connectivity index (χ1v) is 11.2. The zero-order valence-corrected chi connectivity index (χ0v) is 17.2. The summed E-state index contributed by atoms with van der Waals surface area (Å²) >= 11 is 0. The van der Waals surface area contributed by atoms with Gasteiger partial charge in [-0.15, -0.1) is 6.58 Å². The van der Waals surface area contributed by atoms with E-state index < -0.39 is 0 Å². The maximum Gasteiger partial charge on any atom is 0.0717 e. The summed E-state index contributed by atoms with van der Waals surface area (Å²) in [7, 11) is 0. The summed E-state index contributed by atoms with van der Waals surface area (Å²) in [6.07, 6.45) is 18.9. The Balaban J connectivity index is 1.42. The highest BCUT2D eigenvalue weighted by Crippen LogP contribution is 2.44. The molecule has 2 saturated carbocycles. The average molecular weight is 367 g/mol. The molecule has 0 atom stereocenters. The summed E-state index contributed by atoms with van der Waals surface area (Å²) in [4.78, 5) is 0. The third-order valence-electron chi connectivity index (χ3n) is 6.91. The topological polar surface area (TPSA) is 9.23 Å². The van der Waals surface area contributed by atoms with E-state index in [0.29, 0.717) is 0 Å². The minimum Gasteiger partial charge on any atom is -0.376 e. The molecule has 1 aromatic rings. The Kier molecular flexibility index (Phi) is 8.20. The lowest BCUT2D eigenvalue weighted by atomic mass is 9.68. The molecule has 0 aliphatic heterocycles. The largest absolute Gasteiger partial charge is 0.376 e. The van der Waals surface area contributed by atoms with Gasteiger partial charge in [-0.2, -0.15) is 0 Å². The molecule has 0 aromatic heterocycles. The van der Waals surface area contributed by atoms with Crippen molar-refractivity contribution >= 4 is 0 Å². The van der Waals surface area contributed by atoms with E-state index in [1.165, 1.54) is 56.9 Å². The Morgan fingerprint density at radius 2 is 1.56 bits per heavy atom. The summed E-state index contributed by atoms with van der Waals surface area (Å²) in [6.45, 7) is 7.38. The smallest absolute Gasteiger partial charge is 0.0717 e. The van der Waals surface area contributed by atoms with E-state index in [0.717, 1.165) is 43.3 Å². The highest BCUT2D eigenvalue weighted by atomic mass is 16.5. The fourth-order valence-corrected chi connectivity index (χ4v) is 5.25. The van der Waals surface area contributed by atoms with Gasteiger partial charge in [-0.05, 0) is 99.5 Å². The molecular weight excluding hydrogens is 328 g/mol. The Hall–Kier alpha value is -1.34. The minimum atomic E-state index is 0.719. The van der Waals surface area contributed by atoms with Gasteiger partial charge in [0.25, 0.3) is 0 Å². The lowest BCUT2D eigenvalue weighted by Crippen LogP contribution is -2.25. The molecule has 0 heterocycles. The molecule has 148 valence electrons. The van der Waals surface area contributed by atoms with Crippen LogP contribution in [0.1, 0.15) is 81.8 Å². The zero-order valence-electron chi connectivity index (χ0n) is 17.2. The average Bonchev–Trinajstić information content (AvgIpc) is 2.73. The summed E-state index contributed by atoms with van der Waals surface area (Å²) in [5, 5.41) is 0. The maximum absolute atomic E-state index is 5.67. The molecule has 27 heavy (non-hydrogen) atoms. The van der Waals surface area contributed by atoms with Gasteiger partial charge in [0.2, 0.25) is 0 Å². The van der Waals surface area contributed by atoms with E-state index in [9.17, 15) is 0 Å². The van der Waals surface area contributed by atoms with Crippen molar-refractivity contribution in [1.82, 2.24) is 0 Å². The predicted octanol–water partition coefficient (Wildman–Crippen LogP) is 7.44. The fraction of sp³-hybridized carbons (Fsp3) is 0.615. The van der Waals surface area contributed by atoms with Crippen molar-refractivity contribution < 1.29 is 4.74 Å². The molecule has 0 bridgehead atoms. The van der Waals surface area contributed by atoms with Crippen LogP contribution in [-0.2, 0) is 11.3 Å². The van der Waals surface area contributed by atoms with Crippen LogP contribution in [0.3, 0.4) is 0 Å². The van der Waals surface area contributed by atoms with Gasteiger partial charge in [0.05, 0.1) is 13.2 Å². The Bertz CT molecular complexity index is 569. The SMILES string of the molecule is C=CCCOCc1ccc(C2CCC(C3CCC(/C=C/C)CC3)CC2)cc1. The molecule has 2 fully saturated rings. The summed E-state index contributed by atoms with van der Waals surface area (Å²) in [5.74, 6) is 3.63. The van der Waals surface area contributed by atoms with Gasteiger partial charge < -0.3 is 4.74 Å². The van der Waals surface area contributed by atoms with Gasteiger partial charge >= 0.3 is 0 Å². The van der Waals surface area contributed by atoms with Crippen molar-refractivity contribution in [3.05, 3.63) is 60.2 Å².